The predicted octanol–water partition coefficient (Wildman–Crippen LogP) is 4.06. The molecule has 0 saturated heterocycles. The van der Waals surface area contributed by atoms with Crippen molar-refractivity contribution in [1.82, 2.24) is 5.32 Å². The van der Waals surface area contributed by atoms with Gasteiger partial charge in [0.05, 0.1) is 5.56 Å². The number of halogens is 1. The molecule has 1 amide bonds. The Morgan fingerprint density at radius 2 is 1.81 bits per heavy atom. The van der Waals surface area contributed by atoms with E-state index in [4.69, 9.17) is 16.3 Å². The van der Waals surface area contributed by atoms with Crippen LogP contribution in [0.5, 0.6) is 5.75 Å². The second-order valence-electron chi connectivity index (χ2n) is 5.04. The first-order valence-corrected chi connectivity index (χ1v) is 7.21. The van der Waals surface area contributed by atoms with Gasteiger partial charge in [0.15, 0.2) is 0 Å². The van der Waals surface area contributed by atoms with Gasteiger partial charge in [0.1, 0.15) is 12.4 Å². The average molecular weight is 304 g/mol. The average Bonchev–Trinajstić information content (AvgIpc) is 2.46. The molecule has 0 unspecified atom stereocenters. The highest BCUT2D eigenvalue weighted by Crippen LogP contribution is 2.20. The zero-order chi connectivity index (χ0) is 15.2. The van der Waals surface area contributed by atoms with Crippen LogP contribution in [-0.4, -0.2) is 11.9 Å². The Bertz CT molecular complexity index is 608. The third kappa shape index (κ3) is 4.50. The predicted molar refractivity (Wildman–Crippen MR) is 84.8 cm³/mol. The Morgan fingerprint density at radius 1 is 1.14 bits per heavy atom. The molecule has 3 nitrogen and oxygen atoms in total. The monoisotopic (exact) mass is 303 g/mol. The van der Waals surface area contributed by atoms with Crippen LogP contribution in [0.3, 0.4) is 0 Å². The summed E-state index contributed by atoms with van der Waals surface area (Å²) in [5.74, 6) is 0.447. The number of amides is 1. The third-order valence-electron chi connectivity index (χ3n) is 2.86. The van der Waals surface area contributed by atoms with Crippen molar-refractivity contribution in [2.45, 2.75) is 26.5 Å². The second-order valence-corrected chi connectivity index (χ2v) is 5.48. The van der Waals surface area contributed by atoms with Crippen LogP contribution in [-0.2, 0) is 6.61 Å². The fraction of sp³-hybridized carbons (Fsp3) is 0.235. The van der Waals surface area contributed by atoms with E-state index in [0.717, 1.165) is 5.56 Å². The van der Waals surface area contributed by atoms with Gasteiger partial charge in [-0.25, -0.2) is 0 Å². The maximum absolute atomic E-state index is 12.1. The topological polar surface area (TPSA) is 38.3 Å². The summed E-state index contributed by atoms with van der Waals surface area (Å²) in [6.07, 6.45) is 0. The van der Waals surface area contributed by atoms with Crippen LogP contribution in [0.15, 0.2) is 48.5 Å². The lowest BCUT2D eigenvalue weighted by Gasteiger charge is -2.13. The molecule has 0 saturated carbocycles. The Kier molecular flexibility index (Phi) is 5.23. The summed E-state index contributed by atoms with van der Waals surface area (Å²) in [5, 5.41) is 3.56. The molecular formula is C17H18ClNO2. The van der Waals surface area contributed by atoms with E-state index in [1.54, 1.807) is 12.1 Å². The van der Waals surface area contributed by atoms with Gasteiger partial charge in [-0.15, -0.1) is 0 Å². The molecule has 2 rings (SSSR count). The van der Waals surface area contributed by atoms with Crippen LogP contribution in [0.25, 0.3) is 0 Å². The third-order valence-corrected chi connectivity index (χ3v) is 3.11. The lowest BCUT2D eigenvalue weighted by molar-refractivity contribution is 0.0938. The van der Waals surface area contributed by atoms with E-state index in [1.165, 1.54) is 0 Å². The molecule has 0 aromatic heterocycles. The van der Waals surface area contributed by atoms with Crippen LogP contribution in [0.2, 0.25) is 5.02 Å². The maximum atomic E-state index is 12.1. The molecule has 1 N–H and O–H groups in total. The Balaban J connectivity index is 2.09. The van der Waals surface area contributed by atoms with Crippen molar-refractivity contribution in [3.8, 4) is 5.75 Å². The second kappa shape index (κ2) is 7.14. The lowest BCUT2D eigenvalue weighted by atomic mass is 10.1. The van der Waals surface area contributed by atoms with E-state index >= 15 is 0 Å². The first-order chi connectivity index (χ1) is 10.1. The number of nitrogens with one attached hydrogen (secondary N) is 1. The summed E-state index contributed by atoms with van der Waals surface area (Å²) in [5.41, 5.74) is 1.54. The van der Waals surface area contributed by atoms with Crippen molar-refractivity contribution in [3.05, 3.63) is 64.7 Å². The molecule has 21 heavy (non-hydrogen) atoms. The molecule has 0 aliphatic carbocycles. The van der Waals surface area contributed by atoms with Crippen molar-refractivity contribution in [2.24, 2.45) is 0 Å². The van der Waals surface area contributed by atoms with Gasteiger partial charge in [-0.05, 0) is 43.7 Å². The number of carbonyl (C=O) groups is 1. The lowest BCUT2D eigenvalue weighted by Crippen LogP contribution is -2.30. The SMILES string of the molecule is CC(C)NC(=O)c1ccccc1OCc1ccc(Cl)cc1. The molecular weight excluding hydrogens is 286 g/mol. The quantitative estimate of drug-likeness (QED) is 0.904. The number of hydrogen-bond acceptors (Lipinski definition) is 2. The first-order valence-electron chi connectivity index (χ1n) is 6.83. The minimum atomic E-state index is -0.128. The summed E-state index contributed by atoms with van der Waals surface area (Å²) in [4.78, 5) is 12.1. The van der Waals surface area contributed by atoms with E-state index in [2.05, 4.69) is 5.32 Å². The zero-order valence-electron chi connectivity index (χ0n) is 12.1. The summed E-state index contributed by atoms with van der Waals surface area (Å²) >= 11 is 5.85. The molecule has 0 heterocycles. The number of para-hydroxylation sites is 1. The van der Waals surface area contributed by atoms with Crippen molar-refractivity contribution < 1.29 is 9.53 Å². The summed E-state index contributed by atoms with van der Waals surface area (Å²) in [6.45, 7) is 4.24. The van der Waals surface area contributed by atoms with Gasteiger partial charge in [0.25, 0.3) is 5.91 Å². The van der Waals surface area contributed by atoms with Crippen molar-refractivity contribution in [1.29, 1.82) is 0 Å². The summed E-state index contributed by atoms with van der Waals surface area (Å²) in [7, 11) is 0. The number of benzene rings is 2. The molecule has 0 spiro atoms. The molecule has 0 aliphatic rings. The van der Waals surface area contributed by atoms with E-state index in [1.807, 2.05) is 50.2 Å². The Labute approximate surface area is 129 Å². The molecule has 0 bridgehead atoms. The van der Waals surface area contributed by atoms with Gasteiger partial charge in [0, 0.05) is 11.1 Å². The normalized spacial score (nSPS) is 10.5. The maximum Gasteiger partial charge on any atom is 0.255 e. The van der Waals surface area contributed by atoms with Crippen molar-refractivity contribution >= 4 is 17.5 Å². The van der Waals surface area contributed by atoms with E-state index < -0.39 is 0 Å². The molecule has 0 fully saturated rings. The fourth-order valence-electron chi connectivity index (χ4n) is 1.86. The van der Waals surface area contributed by atoms with Gasteiger partial charge >= 0.3 is 0 Å². The largest absolute Gasteiger partial charge is 0.488 e. The van der Waals surface area contributed by atoms with Gasteiger partial charge in [-0.1, -0.05) is 35.9 Å². The van der Waals surface area contributed by atoms with Gasteiger partial charge in [-0.2, -0.15) is 0 Å². The van der Waals surface area contributed by atoms with E-state index in [0.29, 0.717) is 22.9 Å². The van der Waals surface area contributed by atoms with E-state index in [9.17, 15) is 4.79 Å². The fourth-order valence-corrected chi connectivity index (χ4v) is 1.99. The number of rotatable bonds is 5. The highest BCUT2D eigenvalue weighted by molar-refractivity contribution is 6.30. The smallest absolute Gasteiger partial charge is 0.255 e. The van der Waals surface area contributed by atoms with Gasteiger partial charge < -0.3 is 10.1 Å². The van der Waals surface area contributed by atoms with Crippen molar-refractivity contribution in [3.63, 3.8) is 0 Å². The number of hydrogen-bond donors (Lipinski definition) is 1. The van der Waals surface area contributed by atoms with Crippen LogP contribution in [0.1, 0.15) is 29.8 Å². The van der Waals surface area contributed by atoms with E-state index in [-0.39, 0.29) is 11.9 Å². The first kappa shape index (κ1) is 15.4. The highest BCUT2D eigenvalue weighted by atomic mass is 35.5. The molecule has 0 radical (unpaired) electrons. The molecule has 0 aliphatic heterocycles. The Hall–Kier alpha value is -2.00. The molecule has 2 aromatic carbocycles. The molecule has 4 heteroatoms. The van der Waals surface area contributed by atoms with Crippen LogP contribution >= 0.6 is 11.6 Å². The van der Waals surface area contributed by atoms with Crippen LogP contribution in [0.4, 0.5) is 0 Å². The molecule has 0 atom stereocenters. The van der Waals surface area contributed by atoms with Crippen LogP contribution in [0, 0.1) is 0 Å². The minimum Gasteiger partial charge on any atom is -0.488 e. The minimum absolute atomic E-state index is 0.0850. The summed E-state index contributed by atoms with van der Waals surface area (Å²) in [6, 6.07) is 14.8. The Morgan fingerprint density at radius 3 is 2.48 bits per heavy atom. The number of carbonyl (C=O) groups excluding carboxylic acids is 1. The van der Waals surface area contributed by atoms with Gasteiger partial charge in [0.2, 0.25) is 0 Å². The van der Waals surface area contributed by atoms with Crippen molar-refractivity contribution in [2.75, 3.05) is 0 Å². The standard InChI is InChI=1S/C17H18ClNO2/c1-12(2)19-17(20)15-5-3-4-6-16(15)21-11-13-7-9-14(18)10-8-13/h3-10,12H,11H2,1-2H3,(H,19,20). The number of ether oxygens (including phenoxy) is 1. The molecule has 2 aromatic rings. The highest BCUT2D eigenvalue weighted by Gasteiger charge is 2.12. The van der Waals surface area contributed by atoms with Crippen LogP contribution < -0.4 is 10.1 Å². The zero-order valence-corrected chi connectivity index (χ0v) is 12.9. The van der Waals surface area contributed by atoms with Gasteiger partial charge in [-0.3, -0.25) is 4.79 Å². The molecule has 110 valence electrons. The summed E-state index contributed by atoms with van der Waals surface area (Å²) < 4.78 is 5.76.